The number of carbonyl (C=O) groups excluding carboxylic acids is 1. The molecular weight excluding hydrogens is 354 g/mol. The largest absolute Gasteiger partial charge is 0.491 e. The van der Waals surface area contributed by atoms with Gasteiger partial charge in [-0.3, -0.25) is 0 Å². The number of hydrogen-bond donors (Lipinski definition) is 1. The van der Waals surface area contributed by atoms with E-state index >= 15 is 0 Å². The number of benzene rings is 1. The van der Waals surface area contributed by atoms with Crippen LogP contribution in [0.2, 0.25) is 0 Å². The number of ether oxygens (including phenoxy) is 1. The molecule has 2 aliphatic heterocycles. The van der Waals surface area contributed by atoms with E-state index in [-0.39, 0.29) is 29.7 Å². The van der Waals surface area contributed by atoms with Crippen molar-refractivity contribution >= 4 is 21.6 Å². The molecule has 0 radical (unpaired) electrons. The summed E-state index contributed by atoms with van der Waals surface area (Å²) >= 11 is 0. The molecule has 0 saturated carbocycles. The Kier molecular flexibility index (Phi) is 5.60. The van der Waals surface area contributed by atoms with Gasteiger partial charge in [-0.05, 0) is 44.5 Å². The van der Waals surface area contributed by atoms with Crippen molar-refractivity contribution in [3.8, 4) is 5.75 Å². The number of urea groups is 1. The van der Waals surface area contributed by atoms with Crippen molar-refractivity contribution in [3.05, 3.63) is 24.3 Å². The Morgan fingerprint density at radius 2 is 1.81 bits per heavy atom. The minimum atomic E-state index is -2.98. The van der Waals surface area contributed by atoms with Crippen LogP contribution in [0.5, 0.6) is 5.75 Å². The zero-order valence-electron chi connectivity index (χ0n) is 15.3. The Balaban J connectivity index is 1.48. The molecule has 3 rings (SSSR count). The zero-order chi connectivity index (χ0) is 18.7. The number of nitrogens with one attached hydrogen (secondary N) is 1. The number of nitrogens with zero attached hydrogens (tertiary/aromatic N) is 2. The number of carbonyl (C=O) groups is 1. The fourth-order valence-corrected chi connectivity index (χ4v) is 5.02. The molecule has 2 fully saturated rings. The number of rotatable bonds is 4. The van der Waals surface area contributed by atoms with E-state index in [2.05, 4.69) is 10.2 Å². The average Bonchev–Trinajstić information content (AvgIpc) is 2.94. The van der Waals surface area contributed by atoms with Crippen LogP contribution in [0.4, 0.5) is 10.5 Å². The first kappa shape index (κ1) is 18.8. The fraction of sp³-hybridized carbons (Fsp3) is 0.611. The summed E-state index contributed by atoms with van der Waals surface area (Å²) in [5.41, 5.74) is 1.11. The SMILES string of the molecule is CC(C)Oc1ccc(N2CCN(C(=O)NC3CCS(=O)(=O)C3)CC2)cc1. The fourth-order valence-electron chi connectivity index (χ4n) is 3.35. The molecule has 2 amide bonds. The Morgan fingerprint density at radius 1 is 1.15 bits per heavy atom. The monoisotopic (exact) mass is 381 g/mol. The summed E-state index contributed by atoms with van der Waals surface area (Å²) in [6.45, 7) is 6.74. The van der Waals surface area contributed by atoms with Gasteiger partial charge in [0.15, 0.2) is 9.84 Å². The van der Waals surface area contributed by atoms with Gasteiger partial charge >= 0.3 is 6.03 Å². The van der Waals surface area contributed by atoms with Gasteiger partial charge in [0.2, 0.25) is 0 Å². The molecule has 144 valence electrons. The Bertz CT molecular complexity index is 725. The predicted molar refractivity (Wildman–Crippen MR) is 102 cm³/mol. The van der Waals surface area contributed by atoms with Gasteiger partial charge in [0, 0.05) is 37.9 Å². The van der Waals surface area contributed by atoms with Crippen LogP contribution < -0.4 is 15.0 Å². The third kappa shape index (κ3) is 4.81. The number of amides is 2. The highest BCUT2D eigenvalue weighted by Crippen LogP contribution is 2.21. The summed E-state index contributed by atoms with van der Waals surface area (Å²) < 4.78 is 28.7. The van der Waals surface area contributed by atoms with E-state index in [1.54, 1.807) is 4.90 Å². The summed E-state index contributed by atoms with van der Waals surface area (Å²) in [6, 6.07) is 7.60. The molecule has 0 aliphatic carbocycles. The summed E-state index contributed by atoms with van der Waals surface area (Å²) in [6.07, 6.45) is 0.663. The van der Waals surface area contributed by atoms with Crippen molar-refractivity contribution in [1.82, 2.24) is 10.2 Å². The van der Waals surface area contributed by atoms with Crippen LogP contribution in [0.15, 0.2) is 24.3 Å². The van der Waals surface area contributed by atoms with Crippen LogP contribution in [0, 0.1) is 0 Å². The van der Waals surface area contributed by atoms with Gasteiger partial charge < -0.3 is 19.9 Å². The van der Waals surface area contributed by atoms with Crippen LogP contribution in [-0.2, 0) is 9.84 Å². The van der Waals surface area contributed by atoms with Gasteiger partial charge in [-0.25, -0.2) is 13.2 Å². The van der Waals surface area contributed by atoms with E-state index in [0.717, 1.165) is 24.5 Å². The zero-order valence-corrected chi connectivity index (χ0v) is 16.2. The van der Waals surface area contributed by atoms with E-state index in [0.29, 0.717) is 19.5 Å². The molecule has 1 N–H and O–H groups in total. The molecule has 0 aromatic heterocycles. The molecule has 1 aromatic carbocycles. The number of sulfone groups is 1. The molecule has 1 atom stereocenters. The van der Waals surface area contributed by atoms with Crippen molar-refractivity contribution in [3.63, 3.8) is 0 Å². The maximum Gasteiger partial charge on any atom is 0.317 e. The van der Waals surface area contributed by atoms with Crippen molar-refractivity contribution in [1.29, 1.82) is 0 Å². The van der Waals surface area contributed by atoms with Crippen LogP contribution in [0.3, 0.4) is 0 Å². The second-order valence-corrected chi connectivity index (χ2v) is 9.41. The molecular formula is C18H27N3O4S. The number of piperazine rings is 1. The molecule has 1 aromatic rings. The first-order valence-corrected chi connectivity index (χ1v) is 10.9. The maximum atomic E-state index is 12.3. The first-order chi connectivity index (χ1) is 12.3. The first-order valence-electron chi connectivity index (χ1n) is 9.10. The lowest BCUT2D eigenvalue weighted by Crippen LogP contribution is -2.53. The van der Waals surface area contributed by atoms with Crippen LogP contribution >= 0.6 is 0 Å². The standard InChI is InChI=1S/C18H27N3O4S/c1-14(2)25-17-5-3-16(4-6-17)20-8-10-21(11-9-20)18(22)19-15-7-12-26(23,24)13-15/h3-6,14-15H,7-13H2,1-2H3,(H,19,22). The van der Waals surface area contributed by atoms with E-state index < -0.39 is 9.84 Å². The highest BCUT2D eigenvalue weighted by atomic mass is 32.2. The molecule has 26 heavy (non-hydrogen) atoms. The maximum absolute atomic E-state index is 12.3. The lowest BCUT2D eigenvalue weighted by Gasteiger charge is -2.36. The lowest BCUT2D eigenvalue weighted by molar-refractivity contribution is 0.191. The Hall–Kier alpha value is -1.96. The van der Waals surface area contributed by atoms with E-state index in [1.807, 2.05) is 38.1 Å². The summed E-state index contributed by atoms with van der Waals surface area (Å²) in [5, 5.41) is 2.86. The topological polar surface area (TPSA) is 79.0 Å². The normalized spacial score (nSPS) is 22.5. The van der Waals surface area contributed by atoms with Gasteiger partial charge in [0.25, 0.3) is 0 Å². The van der Waals surface area contributed by atoms with E-state index in [1.165, 1.54) is 0 Å². The van der Waals surface area contributed by atoms with Crippen LogP contribution in [0.1, 0.15) is 20.3 Å². The van der Waals surface area contributed by atoms with Gasteiger partial charge in [-0.15, -0.1) is 0 Å². The molecule has 2 aliphatic rings. The minimum Gasteiger partial charge on any atom is -0.491 e. The van der Waals surface area contributed by atoms with Gasteiger partial charge in [0.1, 0.15) is 5.75 Å². The summed E-state index contributed by atoms with van der Waals surface area (Å²) in [5.74, 6) is 1.08. The van der Waals surface area contributed by atoms with Crippen molar-refractivity contribution in [2.24, 2.45) is 0 Å². The smallest absolute Gasteiger partial charge is 0.317 e. The highest BCUT2D eigenvalue weighted by Gasteiger charge is 2.30. The van der Waals surface area contributed by atoms with Gasteiger partial charge in [-0.2, -0.15) is 0 Å². The molecule has 7 nitrogen and oxygen atoms in total. The van der Waals surface area contributed by atoms with Gasteiger partial charge in [-0.1, -0.05) is 0 Å². The highest BCUT2D eigenvalue weighted by molar-refractivity contribution is 7.91. The van der Waals surface area contributed by atoms with Gasteiger partial charge in [0.05, 0.1) is 17.6 Å². The third-order valence-electron chi connectivity index (χ3n) is 4.70. The van der Waals surface area contributed by atoms with Crippen LogP contribution in [-0.4, -0.2) is 69.2 Å². The second-order valence-electron chi connectivity index (χ2n) is 7.18. The molecule has 2 heterocycles. The van der Waals surface area contributed by atoms with Crippen LogP contribution in [0.25, 0.3) is 0 Å². The average molecular weight is 381 g/mol. The molecule has 2 saturated heterocycles. The third-order valence-corrected chi connectivity index (χ3v) is 6.47. The molecule has 0 spiro atoms. The molecule has 8 heteroatoms. The predicted octanol–water partition coefficient (Wildman–Crippen LogP) is 1.49. The van der Waals surface area contributed by atoms with Crippen molar-refractivity contribution in [2.75, 3.05) is 42.6 Å². The summed E-state index contributed by atoms with van der Waals surface area (Å²) in [4.78, 5) is 16.3. The van der Waals surface area contributed by atoms with Crippen molar-refractivity contribution in [2.45, 2.75) is 32.4 Å². The number of anilines is 1. The van der Waals surface area contributed by atoms with Crippen molar-refractivity contribution < 1.29 is 17.9 Å². The Morgan fingerprint density at radius 3 is 2.35 bits per heavy atom. The minimum absolute atomic E-state index is 0.0590. The van der Waals surface area contributed by atoms with E-state index in [9.17, 15) is 13.2 Å². The Labute approximate surface area is 155 Å². The lowest BCUT2D eigenvalue weighted by atomic mass is 10.2. The van der Waals surface area contributed by atoms with E-state index in [4.69, 9.17) is 4.74 Å². The molecule has 1 unspecified atom stereocenters. The quantitative estimate of drug-likeness (QED) is 0.855. The molecule has 0 bridgehead atoms. The summed E-state index contributed by atoms with van der Waals surface area (Å²) in [7, 11) is -2.98. The number of hydrogen-bond acceptors (Lipinski definition) is 5. The second kappa shape index (κ2) is 7.73.